The van der Waals surface area contributed by atoms with Crippen LogP contribution in [0.3, 0.4) is 0 Å². The molecule has 1 unspecified atom stereocenters. The summed E-state index contributed by atoms with van der Waals surface area (Å²) in [6.45, 7) is 7.33. The second kappa shape index (κ2) is 11.0. The van der Waals surface area contributed by atoms with Crippen molar-refractivity contribution in [1.82, 2.24) is 10.3 Å². The molecule has 1 aromatic heterocycles. The van der Waals surface area contributed by atoms with Gasteiger partial charge in [-0.25, -0.2) is 4.98 Å². The minimum Gasteiger partial charge on any atom is -0.460 e. The molecule has 3 aliphatic rings. The Kier molecular flexibility index (Phi) is 7.53. The highest BCUT2D eigenvalue weighted by atomic mass is 19.4. The quantitative estimate of drug-likeness (QED) is 0.228. The van der Waals surface area contributed by atoms with E-state index in [-0.39, 0.29) is 22.8 Å². The highest BCUT2D eigenvalue weighted by Gasteiger charge is 2.59. The van der Waals surface area contributed by atoms with Crippen LogP contribution in [0.1, 0.15) is 85.8 Å². The number of aromatic nitrogens is 1. The molecule has 4 aromatic rings. The average Bonchev–Trinajstić information content (AvgIpc) is 3.00. The van der Waals surface area contributed by atoms with Crippen molar-refractivity contribution in [1.29, 1.82) is 0 Å². The smallest absolute Gasteiger partial charge is 0.416 e. The molecule has 5 nitrogen and oxygen atoms in total. The number of nitrogens with zero attached hydrogens (tertiary/aromatic N) is 1. The van der Waals surface area contributed by atoms with E-state index in [9.17, 15) is 22.8 Å². The maximum absolute atomic E-state index is 14.5. The number of fused-ring (bicyclic) bond motifs is 4. The molecule has 1 N–H and O–H groups in total. The Morgan fingerprint density at radius 2 is 1.51 bits per heavy atom. The van der Waals surface area contributed by atoms with Crippen molar-refractivity contribution < 1.29 is 27.5 Å². The van der Waals surface area contributed by atoms with Crippen LogP contribution in [0.25, 0.3) is 22.2 Å². The summed E-state index contributed by atoms with van der Waals surface area (Å²) in [4.78, 5) is 32.8. The lowest BCUT2D eigenvalue weighted by atomic mass is 9.51. The van der Waals surface area contributed by atoms with Gasteiger partial charge in [0.05, 0.1) is 27.8 Å². The van der Waals surface area contributed by atoms with Gasteiger partial charge in [-0.05, 0) is 89.1 Å². The molecule has 3 aromatic carbocycles. The molecular formula is C37H37F3N2O3. The van der Waals surface area contributed by atoms with Gasteiger partial charge in [-0.1, -0.05) is 60.7 Å². The number of hydrogen-bond donors (Lipinski definition) is 1. The molecule has 1 amide bonds. The van der Waals surface area contributed by atoms with Crippen LogP contribution in [0.5, 0.6) is 0 Å². The van der Waals surface area contributed by atoms with E-state index in [0.29, 0.717) is 48.9 Å². The van der Waals surface area contributed by atoms with Gasteiger partial charge in [-0.15, -0.1) is 0 Å². The highest BCUT2D eigenvalue weighted by Crippen LogP contribution is 2.59. The number of amides is 1. The predicted molar refractivity (Wildman–Crippen MR) is 168 cm³/mol. The van der Waals surface area contributed by atoms with Crippen molar-refractivity contribution in [2.75, 3.05) is 0 Å². The van der Waals surface area contributed by atoms with E-state index in [4.69, 9.17) is 9.72 Å². The molecule has 1 heterocycles. The third-order valence-electron chi connectivity index (χ3n) is 9.59. The summed E-state index contributed by atoms with van der Waals surface area (Å²) < 4.78 is 47.5. The highest BCUT2D eigenvalue weighted by molar-refractivity contribution is 6.09. The number of benzene rings is 3. The largest absolute Gasteiger partial charge is 0.460 e. The number of rotatable bonds is 5. The minimum atomic E-state index is -4.58. The van der Waals surface area contributed by atoms with Gasteiger partial charge in [0.1, 0.15) is 5.60 Å². The maximum Gasteiger partial charge on any atom is 0.416 e. The van der Waals surface area contributed by atoms with Crippen LogP contribution >= 0.6 is 0 Å². The molecule has 2 bridgehead atoms. The first-order valence-electron chi connectivity index (χ1n) is 15.4. The fourth-order valence-corrected chi connectivity index (χ4v) is 7.31. The summed E-state index contributed by atoms with van der Waals surface area (Å²) in [5, 5.41) is 3.51. The minimum absolute atomic E-state index is 0.155. The van der Waals surface area contributed by atoms with E-state index in [1.807, 2.05) is 81.4 Å². The molecule has 8 heteroatoms. The molecule has 3 saturated carbocycles. The Morgan fingerprint density at radius 1 is 0.889 bits per heavy atom. The van der Waals surface area contributed by atoms with E-state index in [2.05, 4.69) is 5.32 Å². The van der Waals surface area contributed by atoms with E-state index in [0.717, 1.165) is 23.3 Å². The second-order valence-electron chi connectivity index (χ2n) is 13.6. The van der Waals surface area contributed by atoms with Crippen LogP contribution in [0, 0.1) is 12.3 Å². The molecule has 7 rings (SSSR count). The summed E-state index contributed by atoms with van der Waals surface area (Å²) in [6.07, 6.45) is -1.89. The third-order valence-corrected chi connectivity index (χ3v) is 9.59. The topological polar surface area (TPSA) is 68.3 Å². The molecule has 0 spiro atoms. The predicted octanol–water partition coefficient (Wildman–Crippen LogP) is 8.79. The van der Waals surface area contributed by atoms with Crippen molar-refractivity contribution in [2.45, 2.75) is 83.0 Å². The van der Waals surface area contributed by atoms with Gasteiger partial charge in [0.25, 0.3) is 5.91 Å². The zero-order valence-corrected chi connectivity index (χ0v) is 25.9. The van der Waals surface area contributed by atoms with Crippen molar-refractivity contribution in [3.05, 3.63) is 101 Å². The van der Waals surface area contributed by atoms with Gasteiger partial charge < -0.3 is 10.1 Å². The Balaban J connectivity index is 1.45. The molecule has 0 saturated heterocycles. The summed E-state index contributed by atoms with van der Waals surface area (Å²) in [7, 11) is 0. The molecule has 0 aliphatic heterocycles. The molecule has 3 aliphatic carbocycles. The SMILES string of the molecule is Cc1c(-c2ccccc2)nc2ccc(C(F)(F)F)cc2c1C(=O)NC12CCC(C(=O)OC(C)(C)C)(CC1)CC2c1ccccc1. The Labute approximate surface area is 261 Å². The van der Waals surface area contributed by atoms with Crippen molar-refractivity contribution in [2.24, 2.45) is 5.41 Å². The summed E-state index contributed by atoms with van der Waals surface area (Å²) in [5.41, 5.74) is 0.492. The Morgan fingerprint density at radius 3 is 2.11 bits per heavy atom. The molecule has 234 valence electrons. The molecule has 0 radical (unpaired) electrons. The Hall–Kier alpha value is -4.20. The zero-order valence-electron chi connectivity index (χ0n) is 25.9. The number of alkyl halides is 3. The first kappa shape index (κ1) is 30.8. The van der Waals surface area contributed by atoms with Crippen molar-refractivity contribution in [3.8, 4) is 11.3 Å². The number of carbonyl (C=O) groups is 2. The van der Waals surface area contributed by atoms with Gasteiger partial charge in [0, 0.05) is 22.4 Å². The molecule has 1 atom stereocenters. The first-order chi connectivity index (χ1) is 21.2. The van der Waals surface area contributed by atoms with Gasteiger partial charge in [0.15, 0.2) is 0 Å². The van der Waals surface area contributed by atoms with E-state index in [1.54, 1.807) is 6.92 Å². The number of nitrogens with one attached hydrogen (secondary N) is 1. The lowest BCUT2D eigenvalue weighted by Crippen LogP contribution is -2.62. The zero-order chi connectivity index (χ0) is 32.2. The number of carbonyl (C=O) groups excluding carboxylic acids is 2. The van der Waals surface area contributed by atoms with E-state index >= 15 is 0 Å². The molecule has 45 heavy (non-hydrogen) atoms. The van der Waals surface area contributed by atoms with Crippen LogP contribution in [0.15, 0.2) is 78.9 Å². The summed E-state index contributed by atoms with van der Waals surface area (Å²) in [5.74, 6) is -0.840. The van der Waals surface area contributed by atoms with Crippen LogP contribution in [-0.2, 0) is 15.7 Å². The number of pyridine rings is 1. The Bertz CT molecular complexity index is 1750. The van der Waals surface area contributed by atoms with Crippen LogP contribution in [0.4, 0.5) is 13.2 Å². The first-order valence-corrected chi connectivity index (χ1v) is 15.4. The van der Waals surface area contributed by atoms with Crippen LogP contribution in [-0.4, -0.2) is 28.0 Å². The lowest BCUT2D eigenvalue weighted by molar-refractivity contribution is -0.176. The number of halogens is 3. The number of hydrogen-bond acceptors (Lipinski definition) is 4. The lowest BCUT2D eigenvalue weighted by Gasteiger charge is -2.57. The van der Waals surface area contributed by atoms with Gasteiger partial charge >= 0.3 is 12.1 Å². The van der Waals surface area contributed by atoms with Gasteiger partial charge in [0.2, 0.25) is 0 Å². The third kappa shape index (κ3) is 5.71. The fraction of sp³-hybridized carbons (Fsp3) is 0.378. The second-order valence-corrected chi connectivity index (χ2v) is 13.6. The molecule has 3 fully saturated rings. The van der Waals surface area contributed by atoms with E-state index in [1.165, 1.54) is 6.07 Å². The van der Waals surface area contributed by atoms with Crippen LogP contribution in [0.2, 0.25) is 0 Å². The fourth-order valence-electron chi connectivity index (χ4n) is 7.31. The monoisotopic (exact) mass is 614 g/mol. The van der Waals surface area contributed by atoms with Gasteiger partial charge in [-0.2, -0.15) is 13.2 Å². The van der Waals surface area contributed by atoms with Crippen molar-refractivity contribution in [3.63, 3.8) is 0 Å². The van der Waals surface area contributed by atoms with Crippen LogP contribution < -0.4 is 5.32 Å². The van der Waals surface area contributed by atoms with Gasteiger partial charge in [-0.3, -0.25) is 9.59 Å². The standard InChI is InChI=1S/C37H37F3N2O3/c1-23-30(27-21-26(37(38,39)40)15-16-29(27)41-31(23)25-13-9-6-10-14-25)32(43)42-36-19-17-35(18-20-36,33(44)45-34(2,3)4)22-28(36)24-11-7-5-8-12-24/h5-16,21,28H,17-20,22H2,1-4H3,(H,42,43). The van der Waals surface area contributed by atoms with Crippen molar-refractivity contribution >= 4 is 22.8 Å². The summed E-state index contributed by atoms with van der Waals surface area (Å²) >= 11 is 0. The van der Waals surface area contributed by atoms with E-state index < -0.39 is 34.2 Å². The molecular weight excluding hydrogens is 577 g/mol. The average molecular weight is 615 g/mol. The normalized spacial score (nSPS) is 23.1. The summed E-state index contributed by atoms with van der Waals surface area (Å²) in [6, 6.07) is 22.5. The maximum atomic E-state index is 14.5. The number of ether oxygens (including phenoxy) is 1. The number of esters is 1.